The van der Waals surface area contributed by atoms with Crippen LogP contribution >= 0.6 is 0 Å². The number of methoxy groups -OCH3 is 4. The van der Waals surface area contributed by atoms with Gasteiger partial charge in [-0.05, 0) is 98.8 Å². The van der Waals surface area contributed by atoms with Crippen molar-refractivity contribution in [2.24, 2.45) is 16.7 Å². The van der Waals surface area contributed by atoms with E-state index in [1.165, 1.54) is 13.8 Å². The molecule has 0 aromatic carbocycles. The van der Waals surface area contributed by atoms with E-state index in [9.17, 15) is 35.1 Å². The second-order valence-corrected chi connectivity index (χ2v) is 24.7. The Balaban J connectivity index is 0.757. The molecule has 79 heavy (non-hydrogen) atoms. The second-order valence-electron chi connectivity index (χ2n) is 24.7. The van der Waals surface area contributed by atoms with Gasteiger partial charge in [0, 0.05) is 73.4 Å². The molecule has 5 aliphatic heterocycles. The van der Waals surface area contributed by atoms with Gasteiger partial charge in [0.25, 0.3) is 0 Å². The summed E-state index contributed by atoms with van der Waals surface area (Å²) in [6.45, 7) is 15.5. The lowest BCUT2D eigenvalue weighted by Gasteiger charge is -2.67. The topological polar surface area (TPSA) is 274 Å². The summed E-state index contributed by atoms with van der Waals surface area (Å²) in [4.78, 5) is 25.6. The molecule has 5 heterocycles. The first-order chi connectivity index (χ1) is 37.3. The molecule has 4 aliphatic carbocycles. The minimum atomic E-state index is -2.00. The third-order valence-electron chi connectivity index (χ3n) is 20.4. The highest BCUT2D eigenvalue weighted by molar-refractivity contribution is 5.87. The lowest BCUT2D eigenvalue weighted by atomic mass is 9.42. The Morgan fingerprint density at radius 3 is 1.47 bits per heavy atom. The number of ketones is 1. The summed E-state index contributed by atoms with van der Waals surface area (Å²) in [6, 6.07) is 0. The minimum Gasteiger partial charge on any atom is -0.462 e. The van der Waals surface area contributed by atoms with E-state index in [2.05, 4.69) is 6.92 Å². The number of hydrogen-bond acceptors (Lipinski definition) is 22. The fourth-order valence-electron chi connectivity index (χ4n) is 15.8. The van der Waals surface area contributed by atoms with Gasteiger partial charge in [0.05, 0.1) is 72.6 Å². The van der Waals surface area contributed by atoms with E-state index in [0.29, 0.717) is 44.9 Å². The lowest BCUT2D eigenvalue weighted by molar-refractivity contribution is -0.351. The van der Waals surface area contributed by atoms with Crippen LogP contribution in [0.15, 0.2) is 11.6 Å². The van der Waals surface area contributed by atoms with Crippen molar-refractivity contribution in [2.45, 2.75) is 291 Å². The summed E-state index contributed by atoms with van der Waals surface area (Å²) in [6.07, 6.45) is -7.53. The van der Waals surface area contributed by atoms with E-state index >= 15 is 0 Å². The minimum absolute atomic E-state index is 0.0350. The molecule has 9 aliphatic rings. The van der Waals surface area contributed by atoms with Gasteiger partial charge < -0.3 is 96.6 Å². The van der Waals surface area contributed by atoms with Crippen LogP contribution in [0.4, 0.5) is 0 Å². The average molecular weight is 1130 g/mol. The molecule has 0 amide bonds. The van der Waals surface area contributed by atoms with Crippen molar-refractivity contribution < 1.29 is 106 Å². The first-order valence-corrected chi connectivity index (χ1v) is 28.8. The Kier molecular flexibility index (Phi) is 18.6. The Bertz CT molecular complexity index is 2140. The van der Waals surface area contributed by atoms with Gasteiger partial charge in [0.1, 0.15) is 53.4 Å². The molecule has 452 valence electrons. The number of aliphatic hydroxyl groups excluding tert-OH is 2. The maximum Gasteiger partial charge on any atom is 0.302 e. The predicted molar refractivity (Wildman–Crippen MR) is 276 cm³/mol. The van der Waals surface area contributed by atoms with E-state index in [0.717, 1.165) is 5.57 Å². The fourth-order valence-corrected chi connectivity index (χ4v) is 15.8. The van der Waals surface area contributed by atoms with Crippen molar-refractivity contribution in [3.63, 3.8) is 0 Å². The van der Waals surface area contributed by atoms with Crippen molar-refractivity contribution in [2.75, 3.05) is 28.4 Å². The molecule has 22 heteroatoms. The molecule has 0 unspecified atom stereocenters. The Hall–Kier alpha value is -1.88. The molecule has 5 saturated heterocycles. The van der Waals surface area contributed by atoms with Gasteiger partial charge in [0.2, 0.25) is 0 Å². The maximum atomic E-state index is 13.1. The number of ether oxygens (including phenoxy) is 15. The standard InChI is InChI=1S/C57H92O22/c1-27-48(61)37(65-10)22-44(69-27)77-50-30(4)72-46(24-39(50)67-12)79-52-31(5)73-47(25-40(52)68-13)78-51-29(3)71-45(23-38(51)66-11)76-49-28(2)70-43(21-36(49)60)75-35-15-16-53(8)34(20-35)14-17-56(63)41(53)26-42(74-33(7)59)54(9)55(62,32(6)58)18-19-57(54,56)64/h14,27-31,35-52,60-64H,15-26H2,1-13H3/t27-,28+,29+,30+,31-,35-,36-,37+,38-,39-,40+,41+,42+,43-,44-,45-,46-,47-,48-,49+,50+,51+,52-,53-,54+,55+,56-,57+/m0/s1. The lowest BCUT2D eigenvalue weighted by Crippen LogP contribution is -2.78. The second kappa shape index (κ2) is 23.9. The maximum absolute atomic E-state index is 13.1. The summed E-state index contributed by atoms with van der Waals surface area (Å²) in [5.41, 5.74) is -6.87. The predicted octanol–water partition coefficient (Wildman–Crippen LogP) is 3.42. The molecule has 22 nitrogen and oxygen atoms in total. The van der Waals surface area contributed by atoms with Crippen molar-refractivity contribution in [1.82, 2.24) is 0 Å². The summed E-state index contributed by atoms with van der Waals surface area (Å²) in [5, 5.41) is 59.4. The van der Waals surface area contributed by atoms with Crippen LogP contribution < -0.4 is 0 Å². The molecular formula is C57H92O22. The fraction of sp³-hybridized carbons (Fsp3) is 0.930. The summed E-state index contributed by atoms with van der Waals surface area (Å²) in [7, 11) is 6.42. The molecular weight excluding hydrogens is 1040 g/mol. The number of hydrogen-bond donors (Lipinski definition) is 5. The van der Waals surface area contributed by atoms with Crippen LogP contribution in [0.5, 0.6) is 0 Å². The van der Waals surface area contributed by atoms with Crippen LogP contribution in [0.25, 0.3) is 0 Å². The van der Waals surface area contributed by atoms with Gasteiger partial charge in [-0.2, -0.15) is 0 Å². The van der Waals surface area contributed by atoms with E-state index < -0.39 is 168 Å². The number of rotatable bonds is 16. The number of Topliss-reactive ketones (excluding diaryl/α,β-unsaturated/α-hetero) is 1. The zero-order chi connectivity index (χ0) is 57.3. The highest BCUT2D eigenvalue weighted by atomic mass is 16.8. The molecule has 0 radical (unpaired) electrons. The number of esters is 1. The summed E-state index contributed by atoms with van der Waals surface area (Å²) in [5.74, 6) is -1.69. The summed E-state index contributed by atoms with van der Waals surface area (Å²) < 4.78 is 93.6. The molecule has 8 fully saturated rings. The van der Waals surface area contributed by atoms with E-state index in [4.69, 9.17) is 71.1 Å². The number of carbonyl (C=O) groups is 2. The van der Waals surface area contributed by atoms with E-state index in [-0.39, 0.29) is 44.3 Å². The highest BCUT2D eigenvalue weighted by Crippen LogP contribution is 2.71. The zero-order valence-corrected chi connectivity index (χ0v) is 48.5. The Labute approximate surface area is 464 Å². The van der Waals surface area contributed by atoms with Gasteiger partial charge in [-0.3, -0.25) is 9.59 Å². The van der Waals surface area contributed by atoms with Gasteiger partial charge in [-0.15, -0.1) is 0 Å². The van der Waals surface area contributed by atoms with Crippen LogP contribution in [0.1, 0.15) is 139 Å². The van der Waals surface area contributed by atoms with Crippen LogP contribution in [-0.4, -0.2) is 218 Å². The van der Waals surface area contributed by atoms with Crippen molar-refractivity contribution in [3.8, 4) is 0 Å². The van der Waals surface area contributed by atoms with Crippen LogP contribution in [-0.2, 0) is 80.6 Å². The normalized spacial score (nSPS) is 52.1. The van der Waals surface area contributed by atoms with Crippen LogP contribution in [0.2, 0.25) is 0 Å². The van der Waals surface area contributed by atoms with Gasteiger partial charge in [-0.25, -0.2) is 0 Å². The number of fused-ring (bicyclic) bond motifs is 5. The molecule has 9 rings (SSSR count). The zero-order valence-electron chi connectivity index (χ0n) is 48.5. The van der Waals surface area contributed by atoms with E-state index in [1.807, 2.05) is 33.8 Å². The van der Waals surface area contributed by atoms with Gasteiger partial charge in [-0.1, -0.05) is 18.6 Å². The largest absolute Gasteiger partial charge is 0.462 e. The first-order valence-electron chi connectivity index (χ1n) is 28.8. The molecule has 0 spiro atoms. The van der Waals surface area contributed by atoms with Crippen molar-refractivity contribution in [1.29, 1.82) is 0 Å². The number of carbonyl (C=O) groups excluding carboxylic acids is 2. The highest BCUT2D eigenvalue weighted by Gasteiger charge is 2.81. The summed E-state index contributed by atoms with van der Waals surface area (Å²) >= 11 is 0. The molecule has 5 N–H and O–H groups in total. The Morgan fingerprint density at radius 1 is 0.570 bits per heavy atom. The van der Waals surface area contributed by atoms with E-state index in [1.54, 1.807) is 42.3 Å². The quantitative estimate of drug-likeness (QED) is 0.109. The molecule has 0 bridgehead atoms. The van der Waals surface area contributed by atoms with Gasteiger partial charge in [0.15, 0.2) is 37.2 Å². The smallest absolute Gasteiger partial charge is 0.302 e. The van der Waals surface area contributed by atoms with Crippen LogP contribution in [0, 0.1) is 16.7 Å². The molecule has 3 saturated carbocycles. The van der Waals surface area contributed by atoms with Crippen molar-refractivity contribution >= 4 is 11.8 Å². The third-order valence-corrected chi connectivity index (χ3v) is 20.4. The van der Waals surface area contributed by atoms with Crippen molar-refractivity contribution in [3.05, 3.63) is 11.6 Å². The SMILES string of the molecule is CO[C@H]1C[C@H](O[C@H]2[C@@H](O)C[C@H](O[C@H]3CC[C@@]4(C)C(=CC[C@]5(O)[C@@H]4C[C@@H](OC(C)=O)[C@@]4(C)[C@]5(O)CC[C@@]4(O)C(C)=O)C3)O[C@@H]2C)O[C@H](C)[C@H]1O[C@H]1C[C@@H](OC)[C@@H](O[C@H]2C[C@H](OC)[C@H](O[C@H]3C[C@@H](OC)[C@@H](O)[C@H](C)O3)[C@@H](C)O2)[C@H](C)O1. The first kappa shape index (κ1) is 61.7. The average Bonchev–Trinajstić information content (AvgIpc) is 3.73. The third kappa shape index (κ3) is 11.1. The van der Waals surface area contributed by atoms with Gasteiger partial charge >= 0.3 is 5.97 Å². The Morgan fingerprint density at radius 2 is 1.01 bits per heavy atom. The molecule has 28 atom stereocenters. The monoisotopic (exact) mass is 1130 g/mol. The molecule has 0 aromatic rings. The van der Waals surface area contributed by atoms with Crippen LogP contribution in [0.3, 0.4) is 0 Å². The molecule has 0 aromatic heterocycles. The number of aliphatic hydroxyl groups is 5.